The third-order valence-corrected chi connectivity index (χ3v) is 4.01. The van der Waals surface area contributed by atoms with Crippen molar-refractivity contribution in [2.75, 3.05) is 7.11 Å². The highest BCUT2D eigenvalue weighted by Crippen LogP contribution is 2.29. The predicted molar refractivity (Wildman–Crippen MR) is 78.2 cm³/mol. The maximum absolute atomic E-state index is 6.23. The van der Waals surface area contributed by atoms with Gasteiger partial charge in [0.15, 0.2) is 0 Å². The highest BCUT2D eigenvalue weighted by atomic mass is 79.9. The molecule has 0 aliphatic rings. The molecule has 1 unspecified atom stereocenters. The Morgan fingerprint density at radius 3 is 2.89 bits per heavy atom. The Morgan fingerprint density at radius 2 is 2.28 bits per heavy atom. The van der Waals surface area contributed by atoms with Gasteiger partial charge in [-0.05, 0) is 19.1 Å². The first kappa shape index (κ1) is 13.5. The molecule has 96 valence electrons. The van der Waals surface area contributed by atoms with Crippen LogP contribution in [-0.2, 0) is 6.42 Å². The lowest BCUT2D eigenvalue weighted by molar-refractivity contribution is 0.405. The van der Waals surface area contributed by atoms with Crippen molar-refractivity contribution in [2.45, 2.75) is 19.4 Å². The molecule has 18 heavy (non-hydrogen) atoms. The first-order valence-corrected chi connectivity index (χ1v) is 7.27. The lowest BCUT2D eigenvalue weighted by atomic mass is 10.0. The summed E-state index contributed by atoms with van der Waals surface area (Å²) < 4.78 is 6.35. The molecule has 0 saturated carbocycles. The van der Waals surface area contributed by atoms with Crippen LogP contribution in [0.15, 0.2) is 28.1 Å². The van der Waals surface area contributed by atoms with Crippen molar-refractivity contribution < 1.29 is 4.74 Å². The van der Waals surface area contributed by atoms with Crippen LogP contribution in [0.4, 0.5) is 0 Å². The third-order valence-electron chi connectivity index (χ3n) is 2.69. The van der Waals surface area contributed by atoms with Crippen molar-refractivity contribution in [3.63, 3.8) is 0 Å². The summed E-state index contributed by atoms with van der Waals surface area (Å²) in [6, 6.07) is 5.80. The van der Waals surface area contributed by atoms with E-state index in [9.17, 15) is 0 Å². The Labute approximate surface area is 119 Å². The molecular weight excluding hydrogens is 312 g/mol. The van der Waals surface area contributed by atoms with Crippen LogP contribution in [0.1, 0.15) is 22.3 Å². The fraction of sp³-hybridized carbons (Fsp3) is 0.308. The quantitative estimate of drug-likeness (QED) is 0.935. The lowest BCUT2D eigenvalue weighted by Crippen LogP contribution is -2.14. The number of benzene rings is 1. The van der Waals surface area contributed by atoms with E-state index in [2.05, 4.69) is 26.3 Å². The van der Waals surface area contributed by atoms with E-state index in [0.29, 0.717) is 0 Å². The van der Waals surface area contributed by atoms with Gasteiger partial charge in [0.1, 0.15) is 5.75 Å². The van der Waals surface area contributed by atoms with Crippen LogP contribution in [0.2, 0.25) is 0 Å². The number of hydrogen-bond acceptors (Lipinski definition) is 4. The van der Waals surface area contributed by atoms with E-state index < -0.39 is 0 Å². The molecule has 2 rings (SSSR count). The van der Waals surface area contributed by atoms with E-state index in [1.54, 1.807) is 18.4 Å². The maximum atomic E-state index is 6.23. The van der Waals surface area contributed by atoms with Gasteiger partial charge in [0.2, 0.25) is 0 Å². The zero-order valence-corrected chi connectivity index (χ0v) is 12.7. The SMILES string of the molecule is COc1cc(Br)ccc1C(N)Cc1csc(C)n1. The number of aryl methyl sites for hydroxylation is 1. The highest BCUT2D eigenvalue weighted by molar-refractivity contribution is 9.10. The van der Waals surface area contributed by atoms with Gasteiger partial charge in [0.25, 0.3) is 0 Å². The van der Waals surface area contributed by atoms with Gasteiger partial charge >= 0.3 is 0 Å². The molecule has 2 N–H and O–H groups in total. The number of rotatable bonds is 4. The summed E-state index contributed by atoms with van der Waals surface area (Å²) in [5, 5.41) is 3.13. The normalized spacial score (nSPS) is 12.4. The van der Waals surface area contributed by atoms with Crippen LogP contribution in [0.25, 0.3) is 0 Å². The highest BCUT2D eigenvalue weighted by Gasteiger charge is 2.14. The number of thiazole rings is 1. The minimum Gasteiger partial charge on any atom is -0.496 e. The molecular formula is C13H15BrN2OS. The average Bonchev–Trinajstić information content (AvgIpc) is 2.74. The topological polar surface area (TPSA) is 48.1 Å². The van der Waals surface area contributed by atoms with Crippen molar-refractivity contribution in [3.8, 4) is 5.75 Å². The third kappa shape index (κ3) is 3.10. The van der Waals surface area contributed by atoms with Gasteiger partial charge in [-0.2, -0.15) is 0 Å². The number of nitrogens with zero attached hydrogens (tertiary/aromatic N) is 1. The minimum atomic E-state index is -0.102. The molecule has 0 amide bonds. The van der Waals surface area contributed by atoms with E-state index in [1.807, 2.05) is 25.1 Å². The Bertz CT molecular complexity index is 542. The van der Waals surface area contributed by atoms with Gasteiger partial charge < -0.3 is 10.5 Å². The van der Waals surface area contributed by atoms with Crippen molar-refractivity contribution in [1.29, 1.82) is 0 Å². The largest absolute Gasteiger partial charge is 0.496 e. The van der Waals surface area contributed by atoms with Gasteiger partial charge in [-0.3, -0.25) is 0 Å². The molecule has 1 aromatic heterocycles. The second-order valence-corrected chi connectivity index (χ2v) is 6.03. The summed E-state index contributed by atoms with van der Waals surface area (Å²) in [5.41, 5.74) is 8.27. The zero-order valence-electron chi connectivity index (χ0n) is 10.3. The van der Waals surface area contributed by atoms with Crippen LogP contribution in [-0.4, -0.2) is 12.1 Å². The van der Waals surface area contributed by atoms with Crippen LogP contribution >= 0.6 is 27.3 Å². The van der Waals surface area contributed by atoms with E-state index >= 15 is 0 Å². The number of aromatic nitrogens is 1. The lowest BCUT2D eigenvalue weighted by Gasteiger charge is -2.15. The van der Waals surface area contributed by atoms with Gasteiger partial charge in [-0.25, -0.2) is 4.98 Å². The van der Waals surface area contributed by atoms with Crippen molar-refractivity contribution in [1.82, 2.24) is 4.98 Å². The zero-order chi connectivity index (χ0) is 13.1. The second-order valence-electron chi connectivity index (χ2n) is 4.05. The molecule has 0 aliphatic heterocycles. The average molecular weight is 327 g/mol. The van der Waals surface area contributed by atoms with Crippen LogP contribution in [0.3, 0.4) is 0 Å². The summed E-state index contributed by atoms with van der Waals surface area (Å²) >= 11 is 5.07. The predicted octanol–water partition coefficient (Wildman–Crippen LogP) is 3.47. The number of ether oxygens (including phenoxy) is 1. The van der Waals surface area contributed by atoms with E-state index in [-0.39, 0.29) is 6.04 Å². The van der Waals surface area contributed by atoms with Crippen LogP contribution in [0.5, 0.6) is 5.75 Å². The Morgan fingerprint density at radius 1 is 1.50 bits per heavy atom. The molecule has 3 nitrogen and oxygen atoms in total. The Kier molecular flexibility index (Phi) is 4.37. The molecule has 2 aromatic rings. The van der Waals surface area contributed by atoms with E-state index in [1.165, 1.54) is 0 Å². The molecule has 0 aliphatic carbocycles. The second kappa shape index (κ2) is 5.82. The summed E-state index contributed by atoms with van der Waals surface area (Å²) in [7, 11) is 1.66. The first-order chi connectivity index (χ1) is 8.60. The summed E-state index contributed by atoms with van der Waals surface area (Å²) in [5.74, 6) is 0.809. The van der Waals surface area contributed by atoms with Gasteiger partial charge in [-0.15, -0.1) is 11.3 Å². The minimum absolute atomic E-state index is 0.102. The fourth-order valence-corrected chi connectivity index (χ4v) is 2.79. The number of hydrogen-bond donors (Lipinski definition) is 1. The van der Waals surface area contributed by atoms with E-state index in [0.717, 1.165) is 32.9 Å². The first-order valence-electron chi connectivity index (χ1n) is 5.60. The Balaban J connectivity index is 2.20. The standard InChI is InChI=1S/C13H15BrN2OS/c1-8-16-10(7-18-8)6-12(15)11-4-3-9(14)5-13(11)17-2/h3-5,7,12H,6,15H2,1-2H3. The van der Waals surface area contributed by atoms with Crippen molar-refractivity contribution in [3.05, 3.63) is 44.3 Å². The number of halogens is 1. The molecule has 0 fully saturated rings. The smallest absolute Gasteiger partial charge is 0.124 e. The van der Waals surface area contributed by atoms with Crippen molar-refractivity contribution >= 4 is 27.3 Å². The number of methoxy groups -OCH3 is 1. The molecule has 0 saturated heterocycles. The molecule has 1 heterocycles. The molecule has 1 aromatic carbocycles. The molecule has 0 bridgehead atoms. The van der Waals surface area contributed by atoms with E-state index in [4.69, 9.17) is 10.5 Å². The van der Waals surface area contributed by atoms with Crippen LogP contribution in [0, 0.1) is 6.92 Å². The summed E-state index contributed by atoms with van der Waals surface area (Å²) in [6.45, 7) is 2.00. The van der Waals surface area contributed by atoms with Gasteiger partial charge in [-0.1, -0.05) is 22.0 Å². The molecule has 5 heteroatoms. The fourth-order valence-electron chi connectivity index (χ4n) is 1.83. The Hall–Kier alpha value is -0.910. The maximum Gasteiger partial charge on any atom is 0.124 e. The van der Waals surface area contributed by atoms with Crippen molar-refractivity contribution in [2.24, 2.45) is 5.73 Å². The summed E-state index contributed by atoms with van der Waals surface area (Å²) in [6.07, 6.45) is 0.725. The molecule has 0 spiro atoms. The van der Waals surface area contributed by atoms with Gasteiger partial charge in [0.05, 0.1) is 17.8 Å². The summed E-state index contributed by atoms with van der Waals surface area (Å²) in [4.78, 5) is 4.44. The molecule has 1 atom stereocenters. The number of nitrogens with two attached hydrogens (primary N) is 1. The van der Waals surface area contributed by atoms with Crippen LogP contribution < -0.4 is 10.5 Å². The van der Waals surface area contributed by atoms with Gasteiger partial charge in [0, 0.05) is 27.9 Å². The monoisotopic (exact) mass is 326 g/mol. The molecule has 0 radical (unpaired) electrons.